The Morgan fingerprint density at radius 2 is 1.86 bits per heavy atom. The van der Waals surface area contributed by atoms with Gasteiger partial charge in [-0.3, -0.25) is 0 Å². The standard InChI is InChI=1S/C18H23FN2/c1-4-18(15-8-6-9-16(19)12-15)20-17-10-5-7-14(11-17)13-21(2)3/h5-12,18,20H,4,13H2,1-3H3. The maximum absolute atomic E-state index is 13.4. The summed E-state index contributed by atoms with van der Waals surface area (Å²) in [5, 5.41) is 3.50. The van der Waals surface area contributed by atoms with Gasteiger partial charge in [-0.05, 0) is 55.9 Å². The number of nitrogens with zero attached hydrogens (tertiary/aromatic N) is 1. The molecule has 0 amide bonds. The van der Waals surface area contributed by atoms with E-state index in [4.69, 9.17) is 0 Å². The van der Waals surface area contributed by atoms with Gasteiger partial charge in [0.05, 0.1) is 6.04 Å². The first-order valence-electron chi connectivity index (χ1n) is 7.34. The Kier molecular flexibility index (Phi) is 5.34. The summed E-state index contributed by atoms with van der Waals surface area (Å²) < 4.78 is 13.4. The fourth-order valence-corrected chi connectivity index (χ4v) is 2.47. The van der Waals surface area contributed by atoms with Crippen molar-refractivity contribution in [2.75, 3.05) is 19.4 Å². The van der Waals surface area contributed by atoms with Crippen LogP contribution in [-0.4, -0.2) is 19.0 Å². The second-order valence-corrected chi connectivity index (χ2v) is 5.60. The normalized spacial score (nSPS) is 12.4. The van der Waals surface area contributed by atoms with Crippen LogP contribution in [0.15, 0.2) is 48.5 Å². The quantitative estimate of drug-likeness (QED) is 0.844. The summed E-state index contributed by atoms with van der Waals surface area (Å²) >= 11 is 0. The van der Waals surface area contributed by atoms with E-state index >= 15 is 0 Å². The van der Waals surface area contributed by atoms with Gasteiger partial charge in [0, 0.05) is 12.2 Å². The topological polar surface area (TPSA) is 15.3 Å². The average molecular weight is 286 g/mol. The molecule has 0 fully saturated rings. The first kappa shape index (κ1) is 15.5. The molecule has 0 saturated heterocycles. The van der Waals surface area contributed by atoms with Crippen LogP contribution >= 0.6 is 0 Å². The SMILES string of the molecule is CCC(Nc1cccc(CN(C)C)c1)c1cccc(F)c1. The Morgan fingerprint density at radius 1 is 1.10 bits per heavy atom. The zero-order chi connectivity index (χ0) is 15.2. The molecule has 0 aromatic heterocycles. The third-order valence-electron chi connectivity index (χ3n) is 3.43. The minimum absolute atomic E-state index is 0.121. The van der Waals surface area contributed by atoms with Crippen molar-refractivity contribution in [3.63, 3.8) is 0 Å². The van der Waals surface area contributed by atoms with E-state index in [1.807, 2.05) is 6.07 Å². The monoisotopic (exact) mass is 286 g/mol. The molecule has 2 rings (SSSR count). The number of hydrogen-bond donors (Lipinski definition) is 1. The summed E-state index contributed by atoms with van der Waals surface area (Å²) in [7, 11) is 4.11. The summed E-state index contributed by atoms with van der Waals surface area (Å²) in [5.74, 6) is -0.186. The van der Waals surface area contributed by atoms with Crippen LogP contribution in [0.5, 0.6) is 0 Å². The number of halogens is 1. The zero-order valence-corrected chi connectivity index (χ0v) is 12.9. The number of rotatable bonds is 6. The van der Waals surface area contributed by atoms with Crippen molar-refractivity contribution in [3.05, 3.63) is 65.5 Å². The summed E-state index contributed by atoms with van der Waals surface area (Å²) in [4.78, 5) is 2.14. The fraction of sp³-hybridized carbons (Fsp3) is 0.333. The number of nitrogens with one attached hydrogen (secondary N) is 1. The highest BCUT2D eigenvalue weighted by molar-refractivity contribution is 5.48. The van der Waals surface area contributed by atoms with Gasteiger partial charge in [0.1, 0.15) is 5.82 Å². The van der Waals surface area contributed by atoms with Crippen LogP contribution in [-0.2, 0) is 6.54 Å². The highest BCUT2D eigenvalue weighted by Gasteiger charge is 2.10. The van der Waals surface area contributed by atoms with Gasteiger partial charge in [0.15, 0.2) is 0 Å². The maximum atomic E-state index is 13.4. The Bertz CT molecular complexity index is 581. The molecular weight excluding hydrogens is 263 g/mol. The van der Waals surface area contributed by atoms with E-state index in [1.165, 1.54) is 11.6 Å². The molecule has 112 valence electrons. The molecule has 1 N–H and O–H groups in total. The van der Waals surface area contributed by atoms with E-state index in [0.717, 1.165) is 24.2 Å². The molecule has 21 heavy (non-hydrogen) atoms. The van der Waals surface area contributed by atoms with E-state index in [-0.39, 0.29) is 11.9 Å². The predicted octanol–water partition coefficient (Wildman–Crippen LogP) is 4.45. The summed E-state index contributed by atoms with van der Waals surface area (Å²) in [5.41, 5.74) is 3.32. The van der Waals surface area contributed by atoms with Crippen LogP contribution in [0.3, 0.4) is 0 Å². The van der Waals surface area contributed by atoms with Crippen LogP contribution < -0.4 is 5.32 Å². The molecule has 0 aliphatic carbocycles. The molecule has 0 bridgehead atoms. The van der Waals surface area contributed by atoms with Crippen LogP contribution in [0.2, 0.25) is 0 Å². The molecule has 3 heteroatoms. The second-order valence-electron chi connectivity index (χ2n) is 5.60. The number of benzene rings is 2. The third kappa shape index (κ3) is 4.57. The van der Waals surface area contributed by atoms with Crippen molar-refractivity contribution in [1.29, 1.82) is 0 Å². The van der Waals surface area contributed by atoms with Crippen molar-refractivity contribution in [2.45, 2.75) is 25.9 Å². The number of hydrogen-bond acceptors (Lipinski definition) is 2. The largest absolute Gasteiger partial charge is 0.378 e. The molecule has 2 aromatic rings. The van der Waals surface area contributed by atoms with E-state index in [2.05, 4.69) is 55.5 Å². The van der Waals surface area contributed by atoms with Crippen LogP contribution in [0.25, 0.3) is 0 Å². The first-order valence-corrected chi connectivity index (χ1v) is 7.34. The van der Waals surface area contributed by atoms with Crippen molar-refractivity contribution < 1.29 is 4.39 Å². The van der Waals surface area contributed by atoms with Crippen molar-refractivity contribution in [2.24, 2.45) is 0 Å². The summed E-state index contributed by atoms with van der Waals surface area (Å²) in [6, 6.07) is 15.3. The first-order chi connectivity index (χ1) is 10.1. The molecule has 2 nitrogen and oxygen atoms in total. The molecule has 1 unspecified atom stereocenters. The van der Waals surface area contributed by atoms with Gasteiger partial charge in [-0.2, -0.15) is 0 Å². The van der Waals surface area contributed by atoms with Crippen LogP contribution in [0, 0.1) is 5.82 Å². The summed E-state index contributed by atoms with van der Waals surface area (Å²) in [6.07, 6.45) is 0.904. The highest BCUT2D eigenvalue weighted by Crippen LogP contribution is 2.23. The molecule has 0 spiro atoms. The van der Waals surface area contributed by atoms with E-state index in [9.17, 15) is 4.39 Å². The van der Waals surface area contributed by atoms with Gasteiger partial charge in [-0.15, -0.1) is 0 Å². The lowest BCUT2D eigenvalue weighted by molar-refractivity contribution is 0.402. The maximum Gasteiger partial charge on any atom is 0.123 e. The molecule has 0 saturated carbocycles. The predicted molar refractivity (Wildman–Crippen MR) is 86.9 cm³/mol. The third-order valence-corrected chi connectivity index (χ3v) is 3.43. The Labute approximate surface area is 126 Å². The van der Waals surface area contributed by atoms with Gasteiger partial charge in [-0.25, -0.2) is 4.39 Å². The Hall–Kier alpha value is -1.87. The van der Waals surface area contributed by atoms with Crippen molar-refractivity contribution in [1.82, 2.24) is 4.90 Å². The minimum Gasteiger partial charge on any atom is -0.378 e. The lowest BCUT2D eigenvalue weighted by atomic mass is 10.0. The molecule has 0 heterocycles. The molecule has 0 aliphatic heterocycles. The Morgan fingerprint density at radius 3 is 2.52 bits per heavy atom. The Balaban J connectivity index is 2.15. The second kappa shape index (κ2) is 7.23. The smallest absolute Gasteiger partial charge is 0.123 e. The minimum atomic E-state index is -0.186. The van der Waals surface area contributed by atoms with Crippen LogP contribution in [0.4, 0.5) is 10.1 Å². The van der Waals surface area contributed by atoms with Gasteiger partial charge in [0.25, 0.3) is 0 Å². The van der Waals surface area contributed by atoms with Crippen LogP contribution in [0.1, 0.15) is 30.5 Å². The molecule has 2 aromatic carbocycles. The zero-order valence-electron chi connectivity index (χ0n) is 12.9. The van der Waals surface area contributed by atoms with Gasteiger partial charge in [-0.1, -0.05) is 31.2 Å². The molecular formula is C18H23FN2. The molecule has 0 aliphatic rings. The van der Waals surface area contributed by atoms with Gasteiger partial charge >= 0.3 is 0 Å². The lowest BCUT2D eigenvalue weighted by Gasteiger charge is -2.20. The van der Waals surface area contributed by atoms with Crippen molar-refractivity contribution in [3.8, 4) is 0 Å². The highest BCUT2D eigenvalue weighted by atomic mass is 19.1. The molecule has 1 atom stereocenters. The van der Waals surface area contributed by atoms with Gasteiger partial charge in [0.2, 0.25) is 0 Å². The lowest BCUT2D eigenvalue weighted by Crippen LogP contribution is -2.12. The van der Waals surface area contributed by atoms with E-state index < -0.39 is 0 Å². The average Bonchev–Trinajstić information content (AvgIpc) is 2.44. The fourth-order valence-electron chi connectivity index (χ4n) is 2.47. The summed E-state index contributed by atoms with van der Waals surface area (Å²) in [6.45, 7) is 3.01. The van der Waals surface area contributed by atoms with E-state index in [0.29, 0.717) is 0 Å². The van der Waals surface area contributed by atoms with Gasteiger partial charge < -0.3 is 10.2 Å². The van der Waals surface area contributed by atoms with Crippen molar-refractivity contribution >= 4 is 5.69 Å². The number of anilines is 1. The van der Waals surface area contributed by atoms with E-state index in [1.54, 1.807) is 12.1 Å². The molecule has 0 radical (unpaired) electrons.